The van der Waals surface area contributed by atoms with Crippen molar-refractivity contribution < 1.29 is 9.59 Å². The van der Waals surface area contributed by atoms with Gasteiger partial charge in [-0.25, -0.2) is 0 Å². The van der Waals surface area contributed by atoms with Crippen LogP contribution in [0, 0.1) is 16.8 Å². The van der Waals surface area contributed by atoms with Gasteiger partial charge in [0.2, 0.25) is 5.91 Å². The lowest BCUT2D eigenvalue weighted by molar-refractivity contribution is -0.133. The Labute approximate surface area is 185 Å². The van der Waals surface area contributed by atoms with Crippen molar-refractivity contribution in [1.29, 1.82) is 0 Å². The average Bonchev–Trinajstić information content (AvgIpc) is 3.14. The van der Waals surface area contributed by atoms with Crippen LogP contribution in [0.2, 0.25) is 0 Å². The van der Waals surface area contributed by atoms with Gasteiger partial charge in [-0.1, -0.05) is 60.2 Å². The van der Waals surface area contributed by atoms with Gasteiger partial charge in [0.25, 0.3) is 0 Å². The van der Waals surface area contributed by atoms with Crippen molar-refractivity contribution in [3.05, 3.63) is 75.1 Å². The first-order chi connectivity index (χ1) is 14.5. The Morgan fingerprint density at radius 3 is 2.37 bits per heavy atom. The van der Waals surface area contributed by atoms with Crippen molar-refractivity contribution in [2.24, 2.45) is 5.92 Å². The fraction of sp³-hybridized carbons (Fsp3) is 0.292. The molecule has 6 heteroatoms. The topological polar surface area (TPSA) is 42.3 Å². The van der Waals surface area contributed by atoms with E-state index in [9.17, 15) is 9.59 Å². The molecule has 0 spiro atoms. The maximum absolute atomic E-state index is 13.0. The van der Waals surface area contributed by atoms with Gasteiger partial charge in [-0.2, -0.15) is 0 Å². The molecule has 1 aromatic heterocycles. The largest absolute Gasteiger partial charge is 0.341 e. The van der Waals surface area contributed by atoms with E-state index in [0.29, 0.717) is 29.9 Å². The number of rotatable bonds is 5. The molecular formula is C24H24N2O2S2. The molecule has 0 bridgehead atoms. The van der Waals surface area contributed by atoms with Crippen LogP contribution in [0.25, 0.3) is 11.3 Å². The number of thiazole rings is 1. The Bertz CT molecular complexity index is 1090. The summed E-state index contributed by atoms with van der Waals surface area (Å²) in [6.45, 7) is 3.52. The van der Waals surface area contributed by atoms with E-state index >= 15 is 0 Å². The van der Waals surface area contributed by atoms with E-state index in [-0.39, 0.29) is 24.2 Å². The van der Waals surface area contributed by atoms with Crippen LogP contribution < -0.4 is 0 Å². The third-order valence-electron chi connectivity index (χ3n) is 5.70. The number of benzene rings is 2. The summed E-state index contributed by atoms with van der Waals surface area (Å²) >= 11 is 6.97. The van der Waals surface area contributed by atoms with Gasteiger partial charge in [0, 0.05) is 30.0 Å². The molecule has 2 heterocycles. The fourth-order valence-electron chi connectivity index (χ4n) is 3.89. The minimum absolute atomic E-state index is 0.0112. The molecule has 0 radical (unpaired) electrons. The highest BCUT2D eigenvalue weighted by Crippen LogP contribution is 2.26. The number of hydrogen-bond acceptors (Lipinski definition) is 4. The van der Waals surface area contributed by atoms with Gasteiger partial charge in [-0.05, 0) is 37.5 Å². The van der Waals surface area contributed by atoms with Crippen molar-refractivity contribution in [2.45, 2.75) is 26.3 Å². The maximum atomic E-state index is 13.0. The summed E-state index contributed by atoms with van der Waals surface area (Å²) in [6, 6.07) is 17.7. The summed E-state index contributed by atoms with van der Waals surface area (Å²) in [5.41, 5.74) is 4.00. The van der Waals surface area contributed by atoms with Crippen molar-refractivity contribution in [3.63, 3.8) is 0 Å². The van der Waals surface area contributed by atoms with Crippen LogP contribution in [0.3, 0.4) is 0 Å². The Hall–Kier alpha value is -2.57. The first-order valence-electron chi connectivity index (χ1n) is 10.2. The molecule has 2 aromatic carbocycles. The molecule has 0 saturated carbocycles. The van der Waals surface area contributed by atoms with E-state index < -0.39 is 0 Å². The molecule has 4 rings (SSSR count). The van der Waals surface area contributed by atoms with Gasteiger partial charge < -0.3 is 9.47 Å². The molecule has 1 fully saturated rings. The monoisotopic (exact) mass is 436 g/mol. The van der Waals surface area contributed by atoms with Crippen LogP contribution in [-0.2, 0) is 11.3 Å². The van der Waals surface area contributed by atoms with E-state index in [0.717, 1.165) is 16.8 Å². The molecule has 30 heavy (non-hydrogen) atoms. The average molecular weight is 437 g/mol. The van der Waals surface area contributed by atoms with Gasteiger partial charge in [0.05, 0.1) is 5.69 Å². The van der Waals surface area contributed by atoms with E-state index in [2.05, 4.69) is 31.2 Å². The molecule has 0 N–H and O–H groups in total. The first-order valence-corrected chi connectivity index (χ1v) is 11.4. The lowest BCUT2D eigenvalue weighted by Crippen LogP contribution is -2.41. The van der Waals surface area contributed by atoms with Crippen LogP contribution >= 0.6 is 23.6 Å². The maximum Gasteiger partial charge on any atom is 0.242 e. The smallest absolute Gasteiger partial charge is 0.242 e. The highest BCUT2D eigenvalue weighted by atomic mass is 32.1. The molecule has 1 aliphatic heterocycles. The van der Waals surface area contributed by atoms with Gasteiger partial charge in [0.15, 0.2) is 9.74 Å². The first kappa shape index (κ1) is 20.7. The molecule has 0 aliphatic carbocycles. The van der Waals surface area contributed by atoms with E-state index in [4.69, 9.17) is 12.2 Å². The predicted molar refractivity (Wildman–Crippen MR) is 123 cm³/mol. The third kappa shape index (κ3) is 4.45. The quantitative estimate of drug-likeness (QED) is 0.399. The van der Waals surface area contributed by atoms with Crippen LogP contribution in [0.4, 0.5) is 0 Å². The zero-order valence-electron chi connectivity index (χ0n) is 16.9. The summed E-state index contributed by atoms with van der Waals surface area (Å²) in [5.74, 6) is 0.232. The number of carbonyl (C=O) groups excluding carboxylic acids is 2. The molecule has 0 unspecified atom stereocenters. The second-order valence-corrected chi connectivity index (χ2v) is 9.23. The lowest BCUT2D eigenvalue weighted by Gasteiger charge is -2.31. The second-order valence-electron chi connectivity index (χ2n) is 7.72. The highest BCUT2D eigenvalue weighted by molar-refractivity contribution is 7.73. The summed E-state index contributed by atoms with van der Waals surface area (Å²) in [7, 11) is 0. The highest BCUT2D eigenvalue weighted by Gasteiger charge is 2.28. The zero-order valence-corrected chi connectivity index (χ0v) is 18.5. The molecule has 1 aliphatic rings. The van der Waals surface area contributed by atoms with E-state index in [1.807, 2.05) is 45.2 Å². The number of nitrogens with zero attached hydrogens (tertiary/aromatic N) is 2. The lowest BCUT2D eigenvalue weighted by atomic mass is 9.89. The number of Topliss-reactive ketones (excluding diaryl/α,β-unsaturated/α-hetero) is 1. The SMILES string of the molecule is Cc1ccc(-c2csc(=S)n2CC(=O)N2CCC(C(=O)c3ccccc3)CC2)cc1. The minimum atomic E-state index is -0.0112. The summed E-state index contributed by atoms with van der Waals surface area (Å²) in [5, 5.41) is 2.02. The Kier molecular flexibility index (Phi) is 6.25. The second kappa shape index (κ2) is 9.06. The Balaban J connectivity index is 1.41. The number of aryl methyl sites for hydroxylation is 1. The summed E-state index contributed by atoms with van der Waals surface area (Å²) in [4.78, 5) is 27.5. The van der Waals surface area contributed by atoms with Gasteiger partial charge >= 0.3 is 0 Å². The van der Waals surface area contributed by atoms with Crippen LogP contribution in [-0.4, -0.2) is 34.2 Å². The minimum Gasteiger partial charge on any atom is -0.341 e. The van der Waals surface area contributed by atoms with Gasteiger partial charge in [0.1, 0.15) is 6.54 Å². The number of ketones is 1. The Morgan fingerprint density at radius 2 is 1.70 bits per heavy atom. The fourth-order valence-corrected chi connectivity index (χ4v) is 4.97. The van der Waals surface area contributed by atoms with Crippen molar-refractivity contribution in [1.82, 2.24) is 9.47 Å². The zero-order chi connectivity index (χ0) is 21.1. The van der Waals surface area contributed by atoms with Gasteiger partial charge in [-0.15, -0.1) is 11.3 Å². The number of piperidine rings is 1. The number of hydrogen-bond donors (Lipinski definition) is 0. The number of aromatic nitrogens is 1. The molecule has 3 aromatic rings. The Morgan fingerprint density at radius 1 is 1.03 bits per heavy atom. The van der Waals surface area contributed by atoms with Crippen molar-refractivity contribution in [2.75, 3.05) is 13.1 Å². The summed E-state index contributed by atoms with van der Waals surface area (Å²) in [6.07, 6.45) is 1.42. The normalized spacial score (nSPS) is 14.6. The van der Waals surface area contributed by atoms with Crippen LogP contribution in [0.5, 0.6) is 0 Å². The molecule has 154 valence electrons. The molecule has 1 amide bonds. The van der Waals surface area contributed by atoms with Crippen LogP contribution in [0.15, 0.2) is 60.0 Å². The predicted octanol–water partition coefficient (Wildman–Crippen LogP) is 5.38. The van der Waals surface area contributed by atoms with Crippen LogP contribution in [0.1, 0.15) is 28.8 Å². The number of amides is 1. The van der Waals surface area contributed by atoms with Gasteiger partial charge in [-0.3, -0.25) is 9.59 Å². The van der Waals surface area contributed by atoms with E-state index in [1.54, 1.807) is 0 Å². The van der Waals surface area contributed by atoms with Crippen molar-refractivity contribution in [3.8, 4) is 11.3 Å². The third-order valence-corrected chi connectivity index (χ3v) is 6.97. The van der Waals surface area contributed by atoms with Crippen molar-refractivity contribution >= 4 is 35.2 Å². The molecular weight excluding hydrogens is 412 g/mol. The molecule has 0 atom stereocenters. The molecule has 4 nitrogen and oxygen atoms in total. The number of carbonyl (C=O) groups is 2. The number of likely N-dealkylation sites (tertiary alicyclic amines) is 1. The van der Waals surface area contributed by atoms with E-state index in [1.165, 1.54) is 16.9 Å². The molecule has 1 saturated heterocycles. The standard InChI is InChI=1S/C24H24N2O2S2/c1-17-7-9-18(10-8-17)21-16-30-24(29)26(21)15-22(27)25-13-11-20(12-14-25)23(28)19-5-3-2-4-6-19/h2-10,16,20H,11-15H2,1H3. The summed E-state index contributed by atoms with van der Waals surface area (Å²) < 4.78 is 2.63.